The molecule has 1 aromatic carbocycles. The molecule has 3 atom stereocenters. The average Bonchev–Trinajstić information content (AvgIpc) is 2.95. The van der Waals surface area contributed by atoms with Crippen LogP contribution in [-0.2, 0) is 9.59 Å². The van der Waals surface area contributed by atoms with Crippen molar-refractivity contribution in [2.45, 2.75) is 44.2 Å². The number of benzene rings is 1. The Bertz CT molecular complexity index is 636. The summed E-state index contributed by atoms with van der Waals surface area (Å²) in [7, 11) is 1.74. The molecular weight excluding hydrogens is 326 g/mol. The van der Waals surface area contributed by atoms with Gasteiger partial charge in [-0.2, -0.15) is 0 Å². The first-order chi connectivity index (χ1) is 11.5. The first-order valence-electron chi connectivity index (χ1n) is 8.57. The summed E-state index contributed by atoms with van der Waals surface area (Å²) in [5.74, 6) is -0.0653. The molecule has 1 aromatic rings. The van der Waals surface area contributed by atoms with E-state index in [2.05, 4.69) is 0 Å². The number of carbonyl (C=O) groups is 2. The molecule has 2 aliphatic rings. The zero-order valence-electron chi connectivity index (χ0n) is 14.0. The van der Waals surface area contributed by atoms with E-state index in [1.54, 1.807) is 22.9 Å². The van der Waals surface area contributed by atoms with Crippen molar-refractivity contribution in [2.24, 2.45) is 11.7 Å². The summed E-state index contributed by atoms with van der Waals surface area (Å²) in [5, 5.41) is 0.554. The normalized spacial score (nSPS) is 27.4. The largest absolute Gasteiger partial charge is 0.333 e. The average molecular weight is 350 g/mol. The Balaban J connectivity index is 1.70. The second-order valence-electron chi connectivity index (χ2n) is 6.82. The minimum atomic E-state index is -0.410. The van der Waals surface area contributed by atoms with Crippen LogP contribution in [0.4, 0.5) is 5.69 Å². The predicted molar refractivity (Wildman–Crippen MR) is 94.9 cm³/mol. The van der Waals surface area contributed by atoms with E-state index in [-0.39, 0.29) is 23.8 Å². The maximum atomic E-state index is 12.8. The van der Waals surface area contributed by atoms with Gasteiger partial charge >= 0.3 is 0 Å². The zero-order chi connectivity index (χ0) is 17.3. The fraction of sp³-hybridized carbons (Fsp3) is 0.556. The van der Waals surface area contributed by atoms with Crippen molar-refractivity contribution < 1.29 is 9.59 Å². The second kappa shape index (κ2) is 7.11. The molecule has 0 aromatic heterocycles. The van der Waals surface area contributed by atoms with Gasteiger partial charge in [0.15, 0.2) is 0 Å². The van der Waals surface area contributed by atoms with Gasteiger partial charge in [0.2, 0.25) is 11.8 Å². The van der Waals surface area contributed by atoms with Crippen LogP contribution in [0.15, 0.2) is 24.3 Å². The Morgan fingerprint density at radius 3 is 2.75 bits per heavy atom. The number of nitrogens with zero attached hydrogens (tertiary/aromatic N) is 2. The molecule has 3 unspecified atom stereocenters. The van der Waals surface area contributed by atoms with Crippen molar-refractivity contribution in [1.82, 2.24) is 4.90 Å². The lowest BCUT2D eigenvalue weighted by atomic mass is 9.85. The van der Waals surface area contributed by atoms with E-state index in [4.69, 9.17) is 17.3 Å². The molecule has 6 heteroatoms. The van der Waals surface area contributed by atoms with Gasteiger partial charge in [0, 0.05) is 25.6 Å². The summed E-state index contributed by atoms with van der Waals surface area (Å²) in [6.45, 7) is 0.578. The third-order valence-electron chi connectivity index (χ3n) is 5.20. The summed E-state index contributed by atoms with van der Waals surface area (Å²) < 4.78 is 0. The quantitative estimate of drug-likeness (QED) is 0.911. The SMILES string of the molecule is CN(C(=O)C1CCCC(N)C1)C1CCN(c2ccccc2Cl)C1=O. The lowest BCUT2D eigenvalue weighted by Crippen LogP contribution is -2.47. The van der Waals surface area contributed by atoms with Gasteiger partial charge in [-0.15, -0.1) is 0 Å². The number of rotatable bonds is 3. The maximum absolute atomic E-state index is 12.8. The number of hydrogen-bond acceptors (Lipinski definition) is 3. The number of anilines is 1. The highest BCUT2D eigenvalue weighted by Gasteiger charge is 2.39. The molecule has 1 heterocycles. The van der Waals surface area contributed by atoms with E-state index < -0.39 is 6.04 Å². The van der Waals surface area contributed by atoms with Crippen molar-refractivity contribution in [1.29, 1.82) is 0 Å². The van der Waals surface area contributed by atoms with Crippen LogP contribution in [0, 0.1) is 5.92 Å². The molecule has 5 nitrogen and oxygen atoms in total. The number of para-hydroxylation sites is 1. The molecule has 1 saturated carbocycles. The number of hydrogen-bond donors (Lipinski definition) is 1. The summed E-state index contributed by atoms with van der Waals surface area (Å²) in [5.41, 5.74) is 6.71. The second-order valence-corrected chi connectivity index (χ2v) is 7.23. The number of carbonyl (C=O) groups excluding carboxylic acids is 2. The lowest BCUT2D eigenvalue weighted by Gasteiger charge is -2.31. The van der Waals surface area contributed by atoms with Crippen molar-refractivity contribution in [3.8, 4) is 0 Å². The molecule has 130 valence electrons. The molecule has 0 radical (unpaired) electrons. The van der Waals surface area contributed by atoms with E-state index in [1.807, 2.05) is 18.2 Å². The fourth-order valence-corrected chi connectivity index (χ4v) is 4.07. The Morgan fingerprint density at radius 2 is 2.04 bits per heavy atom. The van der Waals surface area contributed by atoms with Gasteiger partial charge in [0.1, 0.15) is 6.04 Å². The lowest BCUT2D eigenvalue weighted by molar-refractivity contribution is -0.141. The minimum absolute atomic E-state index is 0.0458. The van der Waals surface area contributed by atoms with Crippen molar-refractivity contribution in [3.05, 3.63) is 29.3 Å². The summed E-state index contributed by atoms with van der Waals surface area (Å²) in [6, 6.07) is 7.00. The summed E-state index contributed by atoms with van der Waals surface area (Å²) >= 11 is 6.21. The number of halogens is 1. The monoisotopic (exact) mass is 349 g/mol. The van der Waals surface area contributed by atoms with Gasteiger partial charge in [-0.1, -0.05) is 30.2 Å². The first kappa shape index (κ1) is 17.2. The van der Waals surface area contributed by atoms with E-state index in [1.165, 1.54) is 0 Å². The Hall–Kier alpha value is -1.59. The highest BCUT2D eigenvalue weighted by Crippen LogP contribution is 2.31. The molecule has 0 spiro atoms. The Kier molecular flexibility index (Phi) is 5.11. The molecule has 2 N–H and O–H groups in total. The van der Waals surface area contributed by atoms with Crippen molar-refractivity contribution in [3.63, 3.8) is 0 Å². The van der Waals surface area contributed by atoms with Crippen LogP contribution in [0.25, 0.3) is 0 Å². The summed E-state index contributed by atoms with van der Waals surface area (Å²) in [4.78, 5) is 28.9. The van der Waals surface area contributed by atoms with Crippen LogP contribution in [0.2, 0.25) is 5.02 Å². The number of amides is 2. The molecule has 1 aliphatic heterocycles. The van der Waals surface area contributed by atoms with E-state index in [0.29, 0.717) is 23.7 Å². The van der Waals surface area contributed by atoms with E-state index in [0.717, 1.165) is 25.7 Å². The van der Waals surface area contributed by atoms with Gasteiger partial charge in [-0.25, -0.2) is 0 Å². The molecule has 2 amide bonds. The molecule has 24 heavy (non-hydrogen) atoms. The number of nitrogens with two attached hydrogens (primary N) is 1. The third-order valence-corrected chi connectivity index (χ3v) is 5.52. The van der Waals surface area contributed by atoms with Gasteiger partial charge in [0.05, 0.1) is 10.7 Å². The summed E-state index contributed by atoms with van der Waals surface area (Å²) in [6.07, 6.45) is 4.18. The number of likely N-dealkylation sites (N-methyl/N-ethyl adjacent to an activating group) is 1. The van der Waals surface area contributed by atoms with Gasteiger partial charge in [-0.05, 0) is 37.8 Å². The van der Waals surface area contributed by atoms with Crippen LogP contribution >= 0.6 is 11.6 Å². The minimum Gasteiger partial charge on any atom is -0.333 e. The first-order valence-corrected chi connectivity index (χ1v) is 8.95. The molecule has 3 rings (SSSR count). The van der Waals surface area contributed by atoms with Crippen molar-refractivity contribution in [2.75, 3.05) is 18.5 Å². The van der Waals surface area contributed by atoms with E-state index >= 15 is 0 Å². The molecule has 1 aliphatic carbocycles. The van der Waals surface area contributed by atoms with Crippen LogP contribution in [-0.4, -0.2) is 42.4 Å². The molecular formula is C18H24ClN3O2. The van der Waals surface area contributed by atoms with Crippen LogP contribution in [0.1, 0.15) is 32.1 Å². The fourth-order valence-electron chi connectivity index (χ4n) is 3.83. The predicted octanol–water partition coefficient (Wildman–Crippen LogP) is 2.42. The highest BCUT2D eigenvalue weighted by atomic mass is 35.5. The van der Waals surface area contributed by atoms with Crippen molar-refractivity contribution >= 4 is 29.1 Å². The zero-order valence-corrected chi connectivity index (χ0v) is 14.7. The standard InChI is InChI=1S/C18H24ClN3O2/c1-21(17(23)12-5-4-6-13(20)11-12)16-9-10-22(18(16)24)15-8-3-2-7-14(15)19/h2-3,7-8,12-13,16H,4-6,9-11,20H2,1H3. The van der Waals surface area contributed by atoms with E-state index in [9.17, 15) is 9.59 Å². The maximum Gasteiger partial charge on any atom is 0.249 e. The van der Waals surface area contributed by atoms with Crippen LogP contribution < -0.4 is 10.6 Å². The van der Waals surface area contributed by atoms with Gasteiger partial charge < -0.3 is 15.5 Å². The molecule has 2 fully saturated rings. The Morgan fingerprint density at radius 1 is 1.29 bits per heavy atom. The van der Waals surface area contributed by atoms with Crippen LogP contribution in [0.3, 0.4) is 0 Å². The molecule has 1 saturated heterocycles. The van der Waals surface area contributed by atoms with Crippen LogP contribution in [0.5, 0.6) is 0 Å². The third kappa shape index (κ3) is 3.28. The highest BCUT2D eigenvalue weighted by molar-refractivity contribution is 6.34. The topological polar surface area (TPSA) is 66.6 Å². The molecule has 0 bridgehead atoms. The van der Waals surface area contributed by atoms with Gasteiger partial charge in [0.25, 0.3) is 0 Å². The smallest absolute Gasteiger partial charge is 0.249 e. The van der Waals surface area contributed by atoms with Gasteiger partial charge in [-0.3, -0.25) is 9.59 Å². The Labute approximate surface area is 147 Å².